The molecular weight excluding hydrogens is 246 g/mol. The minimum Gasteiger partial charge on any atom is -0.483 e. The van der Waals surface area contributed by atoms with Gasteiger partial charge in [-0.3, -0.25) is 0 Å². The summed E-state index contributed by atoms with van der Waals surface area (Å²) in [5.74, 6) is -0.0781. The second-order valence-electron chi connectivity index (χ2n) is 4.37. The summed E-state index contributed by atoms with van der Waals surface area (Å²) in [7, 11) is 0. The number of hydrogen-bond donors (Lipinski definition) is 1. The van der Waals surface area contributed by atoms with Crippen molar-refractivity contribution in [2.24, 2.45) is 0 Å². The van der Waals surface area contributed by atoms with Crippen LogP contribution in [0.2, 0.25) is 0 Å². The van der Waals surface area contributed by atoms with Gasteiger partial charge in [-0.05, 0) is 37.5 Å². The van der Waals surface area contributed by atoms with Crippen molar-refractivity contribution in [3.63, 3.8) is 0 Å². The van der Waals surface area contributed by atoms with Crippen LogP contribution in [0, 0.1) is 20.8 Å². The molecule has 0 amide bonds. The molecule has 0 atom stereocenters. The quantitative estimate of drug-likeness (QED) is 0.916. The first-order valence-electron chi connectivity index (χ1n) is 5.86. The number of oxazole rings is 1. The van der Waals surface area contributed by atoms with Crippen LogP contribution >= 0.6 is 0 Å². The summed E-state index contributed by atoms with van der Waals surface area (Å²) in [4.78, 5) is 14.5. The predicted molar refractivity (Wildman–Crippen MR) is 68.4 cm³/mol. The fourth-order valence-electron chi connectivity index (χ4n) is 1.76. The average molecular weight is 261 g/mol. The van der Waals surface area contributed by atoms with E-state index < -0.39 is 5.97 Å². The van der Waals surface area contributed by atoms with E-state index >= 15 is 0 Å². The van der Waals surface area contributed by atoms with E-state index in [2.05, 4.69) is 4.98 Å². The molecule has 0 radical (unpaired) electrons. The molecule has 2 rings (SSSR count). The van der Waals surface area contributed by atoms with Crippen LogP contribution in [0.3, 0.4) is 0 Å². The topological polar surface area (TPSA) is 72.6 Å². The van der Waals surface area contributed by atoms with Gasteiger partial charge in [-0.1, -0.05) is 12.1 Å². The number of ether oxygens (including phenoxy) is 1. The first-order valence-corrected chi connectivity index (χ1v) is 5.86. The third-order valence-corrected chi connectivity index (χ3v) is 2.98. The molecule has 1 aromatic heterocycles. The monoisotopic (exact) mass is 261 g/mol. The van der Waals surface area contributed by atoms with Crippen LogP contribution in [0.5, 0.6) is 5.75 Å². The van der Waals surface area contributed by atoms with E-state index in [4.69, 9.17) is 14.3 Å². The zero-order valence-corrected chi connectivity index (χ0v) is 11.1. The fourth-order valence-corrected chi connectivity index (χ4v) is 1.76. The van der Waals surface area contributed by atoms with Crippen molar-refractivity contribution < 1.29 is 19.1 Å². The predicted octanol–water partition coefficient (Wildman–Crippen LogP) is 2.88. The van der Waals surface area contributed by atoms with Gasteiger partial charge in [0.25, 0.3) is 0 Å². The lowest BCUT2D eigenvalue weighted by Crippen LogP contribution is -2.02. The molecule has 0 spiro atoms. The number of aryl methyl sites for hydroxylation is 2. The molecule has 0 aliphatic rings. The van der Waals surface area contributed by atoms with E-state index in [0.717, 1.165) is 28.7 Å². The van der Waals surface area contributed by atoms with Crippen LogP contribution in [-0.4, -0.2) is 16.1 Å². The largest absolute Gasteiger partial charge is 0.483 e. The number of nitrogens with zero attached hydrogens (tertiary/aromatic N) is 1. The zero-order chi connectivity index (χ0) is 14.0. The van der Waals surface area contributed by atoms with E-state index in [0.29, 0.717) is 0 Å². The Bertz CT molecular complexity index is 616. The smallest absolute Gasteiger partial charge is 0.357 e. The van der Waals surface area contributed by atoms with Gasteiger partial charge in [0, 0.05) is 0 Å². The molecule has 5 nitrogen and oxygen atoms in total. The Morgan fingerprint density at radius 1 is 1.32 bits per heavy atom. The summed E-state index contributed by atoms with van der Waals surface area (Å²) < 4.78 is 10.7. The van der Waals surface area contributed by atoms with Crippen molar-refractivity contribution in [2.45, 2.75) is 27.4 Å². The molecule has 0 saturated heterocycles. The van der Waals surface area contributed by atoms with Gasteiger partial charge < -0.3 is 14.3 Å². The van der Waals surface area contributed by atoms with E-state index in [1.54, 1.807) is 0 Å². The van der Waals surface area contributed by atoms with Crippen LogP contribution in [0.25, 0.3) is 0 Å². The molecule has 0 fully saturated rings. The Morgan fingerprint density at radius 3 is 2.63 bits per heavy atom. The van der Waals surface area contributed by atoms with Gasteiger partial charge in [-0.2, -0.15) is 0 Å². The number of hydrogen-bond acceptors (Lipinski definition) is 4. The van der Waals surface area contributed by atoms with Crippen molar-refractivity contribution in [1.82, 2.24) is 4.98 Å². The Hall–Kier alpha value is -2.30. The van der Waals surface area contributed by atoms with Crippen molar-refractivity contribution in [1.29, 1.82) is 0 Å². The van der Waals surface area contributed by atoms with Gasteiger partial charge in [-0.15, -0.1) is 0 Å². The van der Waals surface area contributed by atoms with E-state index in [9.17, 15) is 4.79 Å². The summed E-state index contributed by atoms with van der Waals surface area (Å²) in [5.41, 5.74) is 3.11. The van der Waals surface area contributed by atoms with Crippen molar-refractivity contribution in [3.8, 4) is 5.75 Å². The highest BCUT2D eigenvalue weighted by Crippen LogP contribution is 2.26. The van der Waals surface area contributed by atoms with Crippen molar-refractivity contribution >= 4 is 5.97 Å². The van der Waals surface area contributed by atoms with Crippen LogP contribution < -0.4 is 4.74 Å². The molecular formula is C14H15NO4. The second kappa shape index (κ2) is 5.14. The van der Waals surface area contributed by atoms with Crippen LogP contribution in [0.1, 0.15) is 33.1 Å². The molecule has 0 saturated carbocycles. The Morgan fingerprint density at radius 2 is 2.00 bits per heavy atom. The zero-order valence-electron chi connectivity index (χ0n) is 11.1. The van der Waals surface area contributed by atoms with Gasteiger partial charge in [-0.25, -0.2) is 9.78 Å². The maximum absolute atomic E-state index is 10.7. The number of carboxylic acid groups (broad SMARTS) is 1. The van der Waals surface area contributed by atoms with E-state index in [-0.39, 0.29) is 18.2 Å². The molecule has 0 unspecified atom stereocenters. The Balaban J connectivity index is 2.14. The lowest BCUT2D eigenvalue weighted by atomic mass is 10.1. The molecule has 0 bridgehead atoms. The molecule has 1 heterocycles. The normalized spacial score (nSPS) is 10.5. The first-order chi connectivity index (χ1) is 8.99. The Labute approximate surface area is 110 Å². The highest BCUT2D eigenvalue weighted by atomic mass is 16.5. The molecule has 5 heteroatoms. The van der Waals surface area contributed by atoms with Gasteiger partial charge in [0.1, 0.15) is 12.0 Å². The Kier molecular flexibility index (Phi) is 3.55. The standard InChI is InChI=1S/C14H15NO4/c1-8-4-5-9(2)13(10(8)3)19-7-12-15-11(6-18-12)14(16)17/h4-6H,7H2,1-3H3,(H,16,17). The number of carbonyl (C=O) groups is 1. The third-order valence-electron chi connectivity index (χ3n) is 2.98. The summed E-state index contributed by atoms with van der Waals surface area (Å²) in [6, 6.07) is 4.01. The minimum atomic E-state index is -1.11. The van der Waals surface area contributed by atoms with Crippen molar-refractivity contribution in [2.75, 3.05) is 0 Å². The number of benzene rings is 1. The molecule has 1 aromatic carbocycles. The lowest BCUT2D eigenvalue weighted by molar-refractivity contribution is 0.0690. The van der Waals surface area contributed by atoms with Gasteiger partial charge in [0.15, 0.2) is 12.3 Å². The first kappa shape index (κ1) is 13.1. The van der Waals surface area contributed by atoms with Gasteiger partial charge in [0.2, 0.25) is 5.89 Å². The highest BCUT2D eigenvalue weighted by molar-refractivity contribution is 5.84. The summed E-state index contributed by atoms with van der Waals surface area (Å²) in [5, 5.41) is 8.74. The van der Waals surface area contributed by atoms with Gasteiger partial charge >= 0.3 is 5.97 Å². The van der Waals surface area contributed by atoms with Crippen LogP contribution in [0.15, 0.2) is 22.8 Å². The third kappa shape index (κ3) is 2.76. The molecule has 0 aliphatic heterocycles. The van der Waals surface area contributed by atoms with E-state index in [1.165, 1.54) is 0 Å². The summed E-state index contributed by atoms with van der Waals surface area (Å²) >= 11 is 0. The summed E-state index contributed by atoms with van der Waals surface area (Å²) in [6.07, 6.45) is 1.11. The lowest BCUT2D eigenvalue weighted by Gasteiger charge is -2.12. The minimum absolute atomic E-state index is 0.110. The van der Waals surface area contributed by atoms with Crippen molar-refractivity contribution in [3.05, 3.63) is 46.7 Å². The number of carboxylic acids is 1. The number of aromatic carboxylic acids is 1. The summed E-state index contributed by atoms with van der Waals surface area (Å²) in [6.45, 7) is 6.06. The maximum atomic E-state index is 10.7. The molecule has 100 valence electrons. The molecule has 19 heavy (non-hydrogen) atoms. The number of aromatic nitrogens is 1. The van der Waals surface area contributed by atoms with Crippen LogP contribution in [-0.2, 0) is 6.61 Å². The van der Waals surface area contributed by atoms with Gasteiger partial charge in [0.05, 0.1) is 0 Å². The maximum Gasteiger partial charge on any atom is 0.357 e. The van der Waals surface area contributed by atoms with Crippen LogP contribution in [0.4, 0.5) is 0 Å². The SMILES string of the molecule is Cc1ccc(C)c(OCc2nc(C(=O)O)co2)c1C. The average Bonchev–Trinajstić information content (AvgIpc) is 2.83. The fraction of sp³-hybridized carbons (Fsp3) is 0.286. The second-order valence-corrected chi connectivity index (χ2v) is 4.37. The molecule has 2 aromatic rings. The van der Waals surface area contributed by atoms with E-state index in [1.807, 2.05) is 32.9 Å². The molecule has 0 aliphatic carbocycles. The molecule has 1 N–H and O–H groups in total. The highest BCUT2D eigenvalue weighted by Gasteiger charge is 2.12. The number of rotatable bonds is 4.